The third kappa shape index (κ3) is 4.28. The van der Waals surface area contributed by atoms with Crippen molar-refractivity contribution in [2.45, 2.75) is 50.6 Å². The lowest BCUT2D eigenvalue weighted by molar-refractivity contribution is -0.0592. The van der Waals surface area contributed by atoms with Gasteiger partial charge in [0.25, 0.3) is 5.91 Å². The van der Waals surface area contributed by atoms with Crippen LogP contribution in [0.5, 0.6) is 0 Å². The summed E-state index contributed by atoms with van der Waals surface area (Å²) in [6.07, 6.45) is 0.114. The van der Waals surface area contributed by atoms with Crippen LogP contribution in [0.1, 0.15) is 41.3 Å². The smallest absolute Gasteiger partial charge is 0.289 e. The van der Waals surface area contributed by atoms with Gasteiger partial charge in [-0.25, -0.2) is 0 Å². The number of hydrogen-bond donors (Lipinski definition) is 0. The van der Waals surface area contributed by atoms with Crippen molar-refractivity contribution in [3.05, 3.63) is 53.0 Å². The molecule has 0 radical (unpaired) electrons. The van der Waals surface area contributed by atoms with Gasteiger partial charge >= 0.3 is 0 Å². The SMILES string of the molecule is Cc1cccc(C)c1SCc1ccc(C(=O)N2CC(C)OC(C)C2)o1. The molecule has 0 bridgehead atoms. The first kappa shape index (κ1) is 18.1. The maximum atomic E-state index is 12.7. The van der Waals surface area contributed by atoms with Crippen LogP contribution in [0.3, 0.4) is 0 Å². The van der Waals surface area contributed by atoms with Crippen molar-refractivity contribution in [1.29, 1.82) is 0 Å². The summed E-state index contributed by atoms with van der Waals surface area (Å²) in [5.74, 6) is 1.91. The highest BCUT2D eigenvalue weighted by atomic mass is 32.2. The van der Waals surface area contributed by atoms with Gasteiger partial charge in [-0.15, -0.1) is 11.8 Å². The second kappa shape index (κ2) is 7.67. The zero-order valence-corrected chi connectivity index (χ0v) is 16.1. The van der Waals surface area contributed by atoms with Gasteiger partial charge in [0.1, 0.15) is 5.76 Å². The summed E-state index contributed by atoms with van der Waals surface area (Å²) in [4.78, 5) is 15.8. The van der Waals surface area contributed by atoms with E-state index >= 15 is 0 Å². The summed E-state index contributed by atoms with van der Waals surface area (Å²) in [6.45, 7) is 9.43. The molecule has 1 fully saturated rings. The van der Waals surface area contributed by atoms with Crippen LogP contribution in [0.15, 0.2) is 39.6 Å². The maximum absolute atomic E-state index is 12.7. The molecular formula is C20H25NO3S. The van der Waals surface area contributed by atoms with Gasteiger partial charge in [0.15, 0.2) is 5.76 Å². The Morgan fingerprint density at radius 1 is 1.12 bits per heavy atom. The standard InChI is InChI=1S/C20H25NO3S/c1-13-6-5-7-14(2)19(13)25-12-17-8-9-18(24-17)20(22)21-10-15(3)23-16(4)11-21/h5-9,15-16H,10-12H2,1-4H3. The summed E-state index contributed by atoms with van der Waals surface area (Å²) in [5.41, 5.74) is 2.54. The molecule has 4 nitrogen and oxygen atoms in total. The van der Waals surface area contributed by atoms with Gasteiger partial charge in [-0.05, 0) is 51.0 Å². The summed E-state index contributed by atoms with van der Waals surface area (Å²) in [5, 5.41) is 0. The van der Waals surface area contributed by atoms with E-state index < -0.39 is 0 Å². The van der Waals surface area contributed by atoms with Gasteiger partial charge in [-0.1, -0.05) is 18.2 Å². The van der Waals surface area contributed by atoms with E-state index in [-0.39, 0.29) is 18.1 Å². The van der Waals surface area contributed by atoms with Crippen molar-refractivity contribution in [3.63, 3.8) is 0 Å². The van der Waals surface area contributed by atoms with E-state index in [1.807, 2.05) is 24.8 Å². The highest BCUT2D eigenvalue weighted by molar-refractivity contribution is 7.98. The van der Waals surface area contributed by atoms with E-state index in [4.69, 9.17) is 9.15 Å². The fourth-order valence-electron chi connectivity index (χ4n) is 3.24. The van der Waals surface area contributed by atoms with Crippen LogP contribution in [-0.4, -0.2) is 36.1 Å². The first-order valence-corrected chi connectivity index (χ1v) is 9.65. The average Bonchev–Trinajstić information content (AvgIpc) is 3.01. The van der Waals surface area contributed by atoms with Crippen LogP contribution in [0.2, 0.25) is 0 Å². The minimum Gasteiger partial charge on any atom is -0.455 e. The molecule has 0 spiro atoms. The second-order valence-corrected chi connectivity index (χ2v) is 7.73. The summed E-state index contributed by atoms with van der Waals surface area (Å²) >= 11 is 1.75. The van der Waals surface area contributed by atoms with E-state index in [2.05, 4.69) is 32.0 Å². The molecule has 5 heteroatoms. The van der Waals surface area contributed by atoms with Gasteiger partial charge in [-0.3, -0.25) is 4.79 Å². The number of carbonyl (C=O) groups excluding carboxylic acids is 1. The minimum absolute atomic E-state index is 0.0506. The van der Waals surface area contributed by atoms with Crippen molar-refractivity contribution >= 4 is 17.7 Å². The number of carbonyl (C=O) groups is 1. The third-order valence-corrected chi connectivity index (χ3v) is 5.71. The molecular weight excluding hydrogens is 334 g/mol. The number of ether oxygens (including phenoxy) is 1. The highest BCUT2D eigenvalue weighted by Gasteiger charge is 2.28. The Labute approximate surface area is 153 Å². The lowest BCUT2D eigenvalue weighted by Gasteiger charge is -2.34. The molecule has 1 aromatic heterocycles. The average molecular weight is 359 g/mol. The predicted molar refractivity (Wildman–Crippen MR) is 100 cm³/mol. The Hall–Kier alpha value is -1.72. The zero-order valence-electron chi connectivity index (χ0n) is 15.2. The molecule has 2 unspecified atom stereocenters. The van der Waals surface area contributed by atoms with Crippen molar-refractivity contribution < 1.29 is 13.9 Å². The van der Waals surface area contributed by atoms with Crippen LogP contribution in [-0.2, 0) is 10.5 Å². The highest BCUT2D eigenvalue weighted by Crippen LogP contribution is 2.30. The van der Waals surface area contributed by atoms with Crippen molar-refractivity contribution in [2.75, 3.05) is 13.1 Å². The van der Waals surface area contributed by atoms with E-state index in [9.17, 15) is 4.79 Å². The number of furan rings is 1. The Balaban J connectivity index is 1.65. The second-order valence-electron chi connectivity index (χ2n) is 6.74. The van der Waals surface area contributed by atoms with Gasteiger partial charge < -0.3 is 14.1 Å². The molecule has 3 rings (SSSR count). The van der Waals surface area contributed by atoms with Crippen LogP contribution in [0.4, 0.5) is 0 Å². The van der Waals surface area contributed by atoms with Crippen LogP contribution < -0.4 is 0 Å². The van der Waals surface area contributed by atoms with Gasteiger partial charge in [0, 0.05) is 18.0 Å². The third-order valence-electron chi connectivity index (χ3n) is 4.35. The first-order valence-electron chi connectivity index (χ1n) is 8.66. The number of amides is 1. The lowest BCUT2D eigenvalue weighted by atomic mass is 10.2. The molecule has 1 aliphatic rings. The molecule has 0 N–H and O–H groups in total. The first-order chi connectivity index (χ1) is 11.9. The minimum atomic E-state index is -0.0506. The number of nitrogens with zero attached hydrogens (tertiary/aromatic N) is 1. The Bertz CT molecular complexity index is 725. The number of benzene rings is 1. The molecule has 2 aromatic rings. The van der Waals surface area contributed by atoms with Crippen molar-refractivity contribution in [3.8, 4) is 0 Å². The van der Waals surface area contributed by atoms with Crippen LogP contribution in [0, 0.1) is 13.8 Å². The van der Waals surface area contributed by atoms with Gasteiger partial charge in [0.05, 0.1) is 18.0 Å². The molecule has 0 saturated carbocycles. The number of aryl methyl sites for hydroxylation is 2. The molecule has 0 aliphatic carbocycles. The topological polar surface area (TPSA) is 42.7 Å². The molecule has 1 aliphatic heterocycles. The van der Waals surface area contributed by atoms with Gasteiger partial charge in [0.2, 0.25) is 0 Å². The predicted octanol–water partition coefficient (Wildman–Crippen LogP) is 4.44. The Kier molecular flexibility index (Phi) is 5.54. The van der Waals surface area contributed by atoms with Crippen LogP contribution >= 0.6 is 11.8 Å². The van der Waals surface area contributed by atoms with Gasteiger partial charge in [-0.2, -0.15) is 0 Å². The normalized spacial score (nSPS) is 20.7. The number of rotatable bonds is 4. The molecule has 1 aromatic carbocycles. The largest absolute Gasteiger partial charge is 0.455 e. The molecule has 134 valence electrons. The Morgan fingerprint density at radius 3 is 2.40 bits per heavy atom. The van der Waals surface area contributed by atoms with Crippen molar-refractivity contribution in [2.24, 2.45) is 0 Å². The lowest BCUT2D eigenvalue weighted by Crippen LogP contribution is -2.48. The monoisotopic (exact) mass is 359 g/mol. The number of hydrogen-bond acceptors (Lipinski definition) is 4. The van der Waals surface area contributed by atoms with E-state index in [1.54, 1.807) is 17.8 Å². The number of thioether (sulfide) groups is 1. The molecule has 2 atom stereocenters. The summed E-state index contributed by atoms with van der Waals surface area (Å²) in [7, 11) is 0. The fraction of sp³-hybridized carbons (Fsp3) is 0.450. The van der Waals surface area contributed by atoms with E-state index in [0.29, 0.717) is 18.8 Å². The summed E-state index contributed by atoms with van der Waals surface area (Å²) in [6, 6.07) is 10.00. The number of morpholine rings is 1. The maximum Gasteiger partial charge on any atom is 0.289 e. The van der Waals surface area contributed by atoms with Crippen molar-refractivity contribution in [1.82, 2.24) is 4.90 Å². The molecule has 2 heterocycles. The van der Waals surface area contributed by atoms with Crippen LogP contribution in [0.25, 0.3) is 0 Å². The molecule has 25 heavy (non-hydrogen) atoms. The van der Waals surface area contributed by atoms with E-state index in [1.165, 1.54) is 16.0 Å². The molecule has 1 amide bonds. The molecule has 1 saturated heterocycles. The fourth-order valence-corrected chi connectivity index (χ4v) is 4.27. The Morgan fingerprint density at radius 2 is 1.76 bits per heavy atom. The zero-order chi connectivity index (χ0) is 18.0. The summed E-state index contributed by atoms with van der Waals surface area (Å²) < 4.78 is 11.5. The quantitative estimate of drug-likeness (QED) is 0.757. The van der Waals surface area contributed by atoms with E-state index in [0.717, 1.165) is 11.5 Å².